The van der Waals surface area contributed by atoms with E-state index in [2.05, 4.69) is 53.3 Å². The first kappa shape index (κ1) is 15.9. The highest BCUT2D eigenvalue weighted by atomic mass is 79.9. The molecule has 4 heteroatoms. The monoisotopic (exact) mass is 348 g/mol. The Morgan fingerprint density at radius 3 is 2.43 bits per heavy atom. The fourth-order valence-corrected chi connectivity index (χ4v) is 2.60. The summed E-state index contributed by atoms with van der Waals surface area (Å²) in [5, 5.41) is 3.50. The molecule has 2 aromatic carbocycles. The smallest absolute Gasteiger partial charge is 0.119 e. The summed E-state index contributed by atoms with van der Waals surface area (Å²) < 4.78 is 6.43. The Morgan fingerprint density at radius 1 is 1.19 bits per heavy atom. The number of halogens is 1. The summed E-state index contributed by atoms with van der Waals surface area (Å²) in [5.41, 5.74) is 10.5. The molecular weight excluding hydrogens is 328 g/mol. The third kappa shape index (κ3) is 3.77. The summed E-state index contributed by atoms with van der Waals surface area (Å²) in [5.74, 6) is 0.843. The molecule has 0 saturated carbocycles. The number of rotatable bonds is 5. The van der Waals surface area contributed by atoms with Gasteiger partial charge in [0.25, 0.3) is 0 Å². The van der Waals surface area contributed by atoms with E-state index in [0.29, 0.717) is 6.54 Å². The minimum Gasteiger partial charge on any atom is -0.497 e. The second kappa shape index (κ2) is 6.96. The Balaban J connectivity index is 2.26. The highest BCUT2D eigenvalue weighted by Gasteiger charge is 2.11. The van der Waals surface area contributed by atoms with Gasteiger partial charge in [-0.3, -0.25) is 0 Å². The maximum absolute atomic E-state index is 5.94. The summed E-state index contributed by atoms with van der Waals surface area (Å²) in [6, 6.07) is 12.3. The Kier molecular flexibility index (Phi) is 5.26. The van der Waals surface area contributed by atoms with Gasteiger partial charge in [0, 0.05) is 16.7 Å². The van der Waals surface area contributed by atoms with E-state index in [1.54, 1.807) is 7.11 Å². The summed E-state index contributed by atoms with van der Waals surface area (Å²) in [6.45, 7) is 4.69. The second-order valence-corrected chi connectivity index (χ2v) is 5.93. The molecule has 0 spiro atoms. The highest BCUT2D eigenvalue weighted by Crippen LogP contribution is 2.28. The SMILES string of the molecule is COc1cccc(C(CN)Nc2cc(C)c(Br)c(C)c2)c1. The second-order valence-electron chi connectivity index (χ2n) is 5.13. The van der Waals surface area contributed by atoms with Gasteiger partial charge >= 0.3 is 0 Å². The zero-order chi connectivity index (χ0) is 15.4. The first-order valence-electron chi connectivity index (χ1n) is 6.92. The van der Waals surface area contributed by atoms with Crippen LogP contribution in [0.1, 0.15) is 22.7 Å². The van der Waals surface area contributed by atoms with Gasteiger partial charge in [0.1, 0.15) is 5.75 Å². The van der Waals surface area contributed by atoms with Crippen molar-refractivity contribution in [1.82, 2.24) is 0 Å². The minimum atomic E-state index is 0.0556. The summed E-state index contributed by atoms with van der Waals surface area (Å²) in [4.78, 5) is 0. The predicted octanol–water partition coefficient (Wildman–Crippen LogP) is 4.19. The molecule has 0 radical (unpaired) electrons. The standard InChI is InChI=1S/C17H21BrN2O/c1-11-7-14(8-12(2)17(11)18)20-16(10-19)13-5-4-6-15(9-13)21-3/h4-9,16,20H,10,19H2,1-3H3. The topological polar surface area (TPSA) is 47.3 Å². The number of hydrogen-bond donors (Lipinski definition) is 2. The van der Waals surface area contributed by atoms with Crippen LogP contribution in [-0.2, 0) is 0 Å². The maximum atomic E-state index is 5.94. The summed E-state index contributed by atoms with van der Waals surface area (Å²) in [7, 11) is 1.67. The number of ether oxygens (including phenoxy) is 1. The van der Waals surface area contributed by atoms with Crippen molar-refractivity contribution in [3.8, 4) is 5.75 Å². The van der Waals surface area contributed by atoms with Crippen LogP contribution in [0, 0.1) is 13.8 Å². The predicted molar refractivity (Wildman–Crippen MR) is 92.0 cm³/mol. The fourth-order valence-electron chi connectivity index (χ4n) is 2.37. The maximum Gasteiger partial charge on any atom is 0.119 e. The van der Waals surface area contributed by atoms with Crippen molar-refractivity contribution in [2.45, 2.75) is 19.9 Å². The van der Waals surface area contributed by atoms with Crippen LogP contribution in [-0.4, -0.2) is 13.7 Å². The average Bonchev–Trinajstić information content (AvgIpc) is 2.50. The number of anilines is 1. The van der Waals surface area contributed by atoms with Crippen LogP contribution in [0.4, 0.5) is 5.69 Å². The molecule has 0 aromatic heterocycles. The van der Waals surface area contributed by atoms with Gasteiger partial charge in [-0.05, 0) is 54.8 Å². The van der Waals surface area contributed by atoms with Crippen molar-refractivity contribution in [2.75, 3.05) is 19.0 Å². The van der Waals surface area contributed by atoms with Crippen LogP contribution >= 0.6 is 15.9 Å². The summed E-state index contributed by atoms with van der Waals surface area (Å²) >= 11 is 3.59. The molecular formula is C17H21BrN2O. The van der Waals surface area contributed by atoms with Crippen LogP contribution in [0.5, 0.6) is 5.75 Å². The molecule has 0 bridgehead atoms. The van der Waals surface area contributed by atoms with Crippen LogP contribution in [0.2, 0.25) is 0 Å². The lowest BCUT2D eigenvalue weighted by molar-refractivity contribution is 0.414. The molecule has 112 valence electrons. The van der Waals surface area contributed by atoms with Crippen molar-refractivity contribution >= 4 is 21.6 Å². The highest BCUT2D eigenvalue weighted by molar-refractivity contribution is 9.10. The Bertz CT molecular complexity index is 605. The van der Waals surface area contributed by atoms with Crippen molar-refractivity contribution in [3.63, 3.8) is 0 Å². The number of benzene rings is 2. The van der Waals surface area contributed by atoms with E-state index in [4.69, 9.17) is 10.5 Å². The van der Waals surface area contributed by atoms with Crippen LogP contribution in [0.25, 0.3) is 0 Å². The summed E-state index contributed by atoms with van der Waals surface area (Å²) in [6.07, 6.45) is 0. The normalized spacial score (nSPS) is 12.0. The van der Waals surface area contributed by atoms with Crippen LogP contribution in [0.15, 0.2) is 40.9 Å². The molecule has 2 rings (SSSR count). The number of hydrogen-bond acceptors (Lipinski definition) is 3. The van der Waals surface area contributed by atoms with Gasteiger partial charge in [0.15, 0.2) is 0 Å². The molecule has 1 unspecified atom stereocenters. The van der Waals surface area contributed by atoms with E-state index in [0.717, 1.165) is 21.5 Å². The molecule has 21 heavy (non-hydrogen) atoms. The number of methoxy groups -OCH3 is 1. The van der Waals surface area contributed by atoms with Crippen molar-refractivity contribution < 1.29 is 4.74 Å². The van der Waals surface area contributed by atoms with Gasteiger partial charge in [-0.1, -0.05) is 28.1 Å². The molecule has 0 fully saturated rings. The molecule has 0 aliphatic carbocycles. The van der Waals surface area contributed by atoms with Crippen LogP contribution in [0.3, 0.4) is 0 Å². The van der Waals surface area contributed by atoms with Gasteiger partial charge < -0.3 is 15.8 Å². The lowest BCUT2D eigenvalue weighted by Gasteiger charge is -2.20. The minimum absolute atomic E-state index is 0.0556. The molecule has 0 saturated heterocycles. The van der Waals surface area contributed by atoms with Crippen molar-refractivity contribution in [3.05, 3.63) is 57.6 Å². The first-order valence-corrected chi connectivity index (χ1v) is 7.71. The zero-order valence-electron chi connectivity index (χ0n) is 12.6. The molecule has 0 amide bonds. The Labute approximate surface area is 134 Å². The van der Waals surface area contributed by atoms with Gasteiger partial charge in [-0.15, -0.1) is 0 Å². The van der Waals surface area contributed by atoms with E-state index < -0.39 is 0 Å². The molecule has 0 aliphatic heterocycles. The third-order valence-electron chi connectivity index (χ3n) is 3.51. The zero-order valence-corrected chi connectivity index (χ0v) is 14.2. The van der Waals surface area contributed by atoms with Gasteiger partial charge in [-0.25, -0.2) is 0 Å². The Morgan fingerprint density at radius 2 is 1.86 bits per heavy atom. The lowest BCUT2D eigenvalue weighted by Crippen LogP contribution is -2.20. The molecule has 0 aliphatic rings. The van der Waals surface area contributed by atoms with Crippen LogP contribution < -0.4 is 15.8 Å². The Hall–Kier alpha value is -1.52. The van der Waals surface area contributed by atoms with E-state index in [9.17, 15) is 0 Å². The molecule has 2 aromatic rings. The van der Waals surface area contributed by atoms with E-state index in [1.807, 2.05) is 18.2 Å². The van der Waals surface area contributed by atoms with E-state index in [-0.39, 0.29) is 6.04 Å². The van der Waals surface area contributed by atoms with E-state index in [1.165, 1.54) is 11.1 Å². The number of nitrogens with one attached hydrogen (secondary N) is 1. The number of nitrogens with two attached hydrogens (primary N) is 1. The van der Waals surface area contributed by atoms with Gasteiger partial charge in [0.2, 0.25) is 0 Å². The van der Waals surface area contributed by atoms with Gasteiger partial charge in [-0.2, -0.15) is 0 Å². The quantitative estimate of drug-likeness (QED) is 0.851. The van der Waals surface area contributed by atoms with Crippen molar-refractivity contribution in [2.24, 2.45) is 5.73 Å². The fraction of sp³-hybridized carbons (Fsp3) is 0.294. The first-order chi connectivity index (χ1) is 10.0. The molecule has 1 atom stereocenters. The third-order valence-corrected chi connectivity index (χ3v) is 4.76. The largest absolute Gasteiger partial charge is 0.497 e. The van der Waals surface area contributed by atoms with Gasteiger partial charge in [0.05, 0.1) is 13.2 Å². The number of aryl methyl sites for hydroxylation is 2. The molecule has 0 heterocycles. The lowest BCUT2D eigenvalue weighted by atomic mass is 10.1. The van der Waals surface area contributed by atoms with Crippen molar-refractivity contribution in [1.29, 1.82) is 0 Å². The molecule has 3 N–H and O–H groups in total. The molecule has 3 nitrogen and oxygen atoms in total. The average molecular weight is 349 g/mol. The van der Waals surface area contributed by atoms with E-state index >= 15 is 0 Å².